The van der Waals surface area contributed by atoms with Gasteiger partial charge in [0, 0.05) is 4.47 Å². The molecular weight excluding hydrogens is 386 g/mol. The lowest BCUT2D eigenvalue weighted by Crippen LogP contribution is -2.49. The van der Waals surface area contributed by atoms with Gasteiger partial charge in [0.15, 0.2) is 0 Å². The Balaban J connectivity index is 2.30. The number of amides is 1. The van der Waals surface area contributed by atoms with E-state index < -0.39 is 12.0 Å². The van der Waals surface area contributed by atoms with Crippen molar-refractivity contribution in [2.24, 2.45) is 0 Å². The normalized spacial score (nSPS) is 18.1. The number of halogens is 1. The Labute approximate surface area is 146 Å². The summed E-state index contributed by atoms with van der Waals surface area (Å²) >= 11 is 9.66. The van der Waals surface area contributed by atoms with E-state index in [0.29, 0.717) is 17.7 Å². The smallest absolute Gasteiger partial charge is 0.266 e. The SMILES string of the molecule is CCC[C@@H](C(=O)[O-])N1C(=O)/C(=C/c2cccc(Br)c2)SC1=S. The maximum Gasteiger partial charge on any atom is 0.266 e. The Morgan fingerprint density at radius 2 is 2.27 bits per heavy atom. The highest BCUT2D eigenvalue weighted by atomic mass is 79.9. The van der Waals surface area contributed by atoms with Crippen LogP contribution in [0, 0.1) is 0 Å². The second-order valence-corrected chi connectivity index (χ2v) is 7.32. The maximum atomic E-state index is 12.5. The van der Waals surface area contributed by atoms with Crippen molar-refractivity contribution in [3.8, 4) is 0 Å². The summed E-state index contributed by atoms with van der Waals surface area (Å²) in [5.74, 6) is -1.65. The molecule has 1 aliphatic heterocycles. The van der Waals surface area contributed by atoms with Crippen molar-refractivity contribution in [3.63, 3.8) is 0 Å². The van der Waals surface area contributed by atoms with E-state index in [1.165, 1.54) is 0 Å². The monoisotopic (exact) mass is 398 g/mol. The van der Waals surface area contributed by atoms with E-state index in [2.05, 4.69) is 15.9 Å². The molecule has 2 rings (SSSR count). The van der Waals surface area contributed by atoms with Crippen molar-refractivity contribution in [3.05, 3.63) is 39.2 Å². The molecule has 1 aliphatic rings. The number of carbonyl (C=O) groups is 2. The first kappa shape index (κ1) is 17.2. The van der Waals surface area contributed by atoms with Crippen LogP contribution in [-0.2, 0) is 9.59 Å². The van der Waals surface area contributed by atoms with E-state index in [4.69, 9.17) is 12.2 Å². The Morgan fingerprint density at radius 1 is 1.55 bits per heavy atom. The van der Waals surface area contributed by atoms with Gasteiger partial charge in [0.1, 0.15) is 4.32 Å². The molecule has 0 unspecified atom stereocenters. The summed E-state index contributed by atoms with van der Waals surface area (Å²) in [7, 11) is 0. The van der Waals surface area contributed by atoms with Crippen molar-refractivity contribution in [1.29, 1.82) is 0 Å². The van der Waals surface area contributed by atoms with Gasteiger partial charge in [-0.1, -0.05) is 65.4 Å². The van der Waals surface area contributed by atoms with Crippen LogP contribution in [0.3, 0.4) is 0 Å². The van der Waals surface area contributed by atoms with Crippen molar-refractivity contribution in [2.75, 3.05) is 0 Å². The molecule has 1 aromatic rings. The number of carboxylic acid groups (broad SMARTS) is 1. The quantitative estimate of drug-likeness (QED) is 0.563. The van der Waals surface area contributed by atoms with Gasteiger partial charge < -0.3 is 9.90 Å². The standard InChI is InChI=1S/C15H14BrNO3S2/c1-2-4-11(14(19)20)17-13(18)12(22-15(17)21)8-9-5-3-6-10(16)7-9/h3,5-8,11H,2,4H2,1H3,(H,19,20)/p-1/b12-8-/t11-/m0/s1. The van der Waals surface area contributed by atoms with Crippen LogP contribution < -0.4 is 5.11 Å². The molecule has 1 atom stereocenters. The van der Waals surface area contributed by atoms with Crippen molar-refractivity contribution >= 4 is 62.2 Å². The summed E-state index contributed by atoms with van der Waals surface area (Å²) in [5.41, 5.74) is 0.843. The number of rotatable bonds is 5. The number of hydrogen-bond acceptors (Lipinski definition) is 5. The number of nitrogens with zero attached hydrogens (tertiary/aromatic N) is 1. The highest BCUT2D eigenvalue weighted by Crippen LogP contribution is 2.34. The lowest BCUT2D eigenvalue weighted by Gasteiger charge is -2.27. The first-order valence-corrected chi connectivity index (χ1v) is 8.69. The zero-order valence-electron chi connectivity index (χ0n) is 11.7. The van der Waals surface area contributed by atoms with E-state index in [9.17, 15) is 14.7 Å². The minimum absolute atomic E-state index is 0.258. The Kier molecular flexibility index (Phi) is 5.77. The van der Waals surface area contributed by atoms with Crippen molar-refractivity contribution in [2.45, 2.75) is 25.8 Å². The number of benzene rings is 1. The molecule has 0 radical (unpaired) electrons. The molecule has 0 spiro atoms. The number of carboxylic acids is 1. The molecule has 0 saturated carbocycles. The molecule has 22 heavy (non-hydrogen) atoms. The van der Waals surface area contributed by atoms with Crippen LogP contribution in [0.25, 0.3) is 6.08 Å². The third-order valence-electron chi connectivity index (χ3n) is 3.12. The Bertz CT molecular complexity index is 660. The molecule has 0 aliphatic carbocycles. The summed E-state index contributed by atoms with van der Waals surface area (Å²) in [4.78, 5) is 25.3. The largest absolute Gasteiger partial charge is 0.548 e. The lowest BCUT2D eigenvalue weighted by molar-refractivity contribution is -0.310. The molecule has 1 saturated heterocycles. The molecule has 1 amide bonds. The van der Waals surface area contributed by atoms with Crippen molar-refractivity contribution < 1.29 is 14.7 Å². The highest BCUT2D eigenvalue weighted by Gasteiger charge is 2.37. The van der Waals surface area contributed by atoms with Crippen LogP contribution >= 0.6 is 39.9 Å². The van der Waals surface area contributed by atoms with Gasteiger partial charge in [-0.2, -0.15) is 0 Å². The number of carbonyl (C=O) groups excluding carboxylic acids is 2. The predicted molar refractivity (Wildman–Crippen MR) is 92.9 cm³/mol. The number of thioether (sulfide) groups is 1. The fourth-order valence-corrected chi connectivity index (χ4v) is 3.90. The highest BCUT2D eigenvalue weighted by molar-refractivity contribution is 9.10. The molecular formula is C15H13BrNO3S2-. The molecule has 0 aromatic heterocycles. The molecule has 1 fully saturated rings. The average molecular weight is 399 g/mol. The summed E-state index contributed by atoms with van der Waals surface area (Å²) in [5, 5.41) is 11.3. The van der Waals surface area contributed by atoms with Gasteiger partial charge in [0.25, 0.3) is 5.91 Å². The summed E-state index contributed by atoms with van der Waals surface area (Å²) < 4.78 is 1.16. The van der Waals surface area contributed by atoms with Crippen LogP contribution in [0.5, 0.6) is 0 Å². The van der Waals surface area contributed by atoms with Gasteiger partial charge in [-0.15, -0.1) is 0 Å². The van der Waals surface area contributed by atoms with Crippen LogP contribution in [0.1, 0.15) is 25.3 Å². The molecule has 1 aromatic carbocycles. The third-order valence-corrected chi connectivity index (χ3v) is 4.94. The van der Waals surface area contributed by atoms with Gasteiger partial charge in [-0.25, -0.2) is 0 Å². The zero-order chi connectivity index (χ0) is 16.3. The minimum atomic E-state index is -1.28. The molecule has 4 nitrogen and oxygen atoms in total. The first-order chi connectivity index (χ1) is 10.4. The van der Waals surface area contributed by atoms with Crippen LogP contribution in [0.15, 0.2) is 33.6 Å². The maximum absolute atomic E-state index is 12.5. The van der Waals surface area contributed by atoms with E-state index in [1.807, 2.05) is 31.2 Å². The number of aliphatic carboxylic acids is 1. The number of hydrogen-bond donors (Lipinski definition) is 0. The Hall–Kier alpha value is -1.18. The average Bonchev–Trinajstić information content (AvgIpc) is 2.71. The van der Waals surface area contributed by atoms with E-state index in [1.54, 1.807) is 6.08 Å². The Morgan fingerprint density at radius 3 is 2.86 bits per heavy atom. The third kappa shape index (κ3) is 3.77. The molecule has 1 heterocycles. The summed E-state index contributed by atoms with van der Waals surface area (Å²) in [6, 6.07) is 6.47. The van der Waals surface area contributed by atoms with Crippen molar-refractivity contribution in [1.82, 2.24) is 4.90 Å². The molecule has 7 heteroatoms. The topological polar surface area (TPSA) is 60.4 Å². The predicted octanol–water partition coefficient (Wildman–Crippen LogP) is 2.57. The van der Waals surface area contributed by atoms with Gasteiger partial charge in [-0.3, -0.25) is 9.69 Å². The van der Waals surface area contributed by atoms with E-state index in [0.717, 1.165) is 26.7 Å². The fraction of sp³-hybridized carbons (Fsp3) is 0.267. The van der Waals surface area contributed by atoms with Gasteiger partial charge >= 0.3 is 0 Å². The minimum Gasteiger partial charge on any atom is -0.548 e. The first-order valence-electron chi connectivity index (χ1n) is 6.67. The fourth-order valence-electron chi connectivity index (χ4n) is 2.12. The molecule has 0 bridgehead atoms. The van der Waals surface area contributed by atoms with Gasteiger partial charge in [-0.05, 0) is 30.2 Å². The van der Waals surface area contributed by atoms with Gasteiger partial charge in [0.05, 0.1) is 16.9 Å². The van der Waals surface area contributed by atoms with Crippen LogP contribution in [-0.4, -0.2) is 27.1 Å². The number of thiocarbonyl (C=S) groups is 1. The molecule has 116 valence electrons. The molecule has 0 N–H and O–H groups in total. The van der Waals surface area contributed by atoms with Gasteiger partial charge in [0.2, 0.25) is 0 Å². The van der Waals surface area contributed by atoms with E-state index >= 15 is 0 Å². The summed E-state index contributed by atoms with van der Waals surface area (Å²) in [6.45, 7) is 1.85. The summed E-state index contributed by atoms with van der Waals surface area (Å²) in [6.07, 6.45) is 2.65. The zero-order valence-corrected chi connectivity index (χ0v) is 15.0. The van der Waals surface area contributed by atoms with Crippen LogP contribution in [0.4, 0.5) is 0 Å². The van der Waals surface area contributed by atoms with Crippen LogP contribution in [0.2, 0.25) is 0 Å². The van der Waals surface area contributed by atoms with E-state index in [-0.39, 0.29) is 10.2 Å². The second kappa shape index (κ2) is 7.39. The second-order valence-electron chi connectivity index (χ2n) is 4.73. The lowest BCUT2D eigenvalue weighted by atomic mass is 10.1.